The second-order valence-corrected chi connectivity index (χ2v) is 6.16. The first kappa shape index (κ1) is 19.9. The van der Waals surface area contributed by atoms with Gasteiger partial charge < -0.3 is 21.3 Å². The maximum Gasteiger partial charge on any atom is 0.319 e. The summed E-state index contributed by atoms with van der Waals surface area (Å²) in [7, 11) is 0. The topological polar surface area (TPSA) is 99.3 Å². The minimum atomic E-state index is -0.599. The molecule has 27 heavy (non-hydrogen) atoms. The number of benzene rings is 2. The van der Waals surface area contributed by atoms with Gasteiger partial charge in [0.05, 0.1) is 5.69 Å². The Morgan fingerprint density at radius 2 is 1.52 bits per heavy atom. The number of urea groups is 1. The summed E-state index contributed by atoms with van der Waals surface area (Å²) in [4.78, 5) is 35.1. The zero-order chi connectivity index (χ0) is 20.0. The van der Waals surface area contributed by atoms with Crippen molar-refractivity contribution < 1.29 is 18.8 Å². The van der Waals surface area contributed by atoms with Gasteiger partial charge in [-0.15, -0.1) is 0 Å². The van der Waals surface area contributed by atoms with Crippen molar-refractivity contribution >= 4 is 34.9 Å². The van der Waals surface area contributed by atoms with Gasteiger partial charge in [0, 0.05) is 29.9 Å². The summed E-state index contributed by atoms with van der Waals surface area (Å²) >= 11 is 0. The van der Waals surface area contributed by atoms with E-state index in [0.717, 1.165) is 6.07 Å². The summed E-state index contributed by atoms with van der Waals surface area (Å²) in [5.41, 5.74) is 1.22. The van der Waals surface area contributed by atoms with Gasteiger partial charge in [-0.2, -0.15) is 0 Å². The van der Waals surface area contributed by atoms with Crippen molar-refractivity contribution in [2.75, 3.05) is 16.0 Å². The zero-order valence-electron chi connectivity index (χ0n) is 15.2. The Balaban J connectivity index is 2.04. The van der Waals surface area contributed by atoms with Gasteiger partial charge in [0.15, 0.2) is 0 Å². The molecule has 0 unspecified atom stereocenters. The van der Waals surface area contributed by atoms with E-state index < -0.39 is 17.6 Å². The van der Waals surface area contributed by atoms with Gasteiger partial charge in [-0.3, -0.25) is 9.59 Å². The Bertz CT molecular complexity index is 851. The predicted octanol–water partition coefficient (Wildman–Crippen LogP) is 3.57. The fraction of sp³-hybridized carbons (Fsp3) is 0.211. The van der Waals surface area contributed by atoms with Crippen LogP contribution in [0.4, 0.5) is 26.2 Å². The number of nitrogens with one attached hydrogen (secondary N) is 4. The number of halogens is 1. The number of rotatable bonds is 5. The molecule has 0 spiro atoms. The van der Waals surface area contributed by atoms with Crippen LogP contribution in [0, 0.1) is 5.82 Å². The highest BCUT2D eigenvalue weighted by Crippen LogP contribution is 2.20. The van der Waals surface area contributed by atoms with Gasteiger partial charge in [0.1, 0.15) is 5.82 Å². The molecule has 0 fully saturated rings. The van der Waals surface area contributed by atoms with E-state index in [4.69, 9.17) is 0 Å². The van der Waals surface area contributed by atoms with Gasteiger partial charge in [-0.1, -0.05) is 0 Å². The fourth-order valence-corrected chi connectivity index (χ4v) is 2.23. The Kier molecular flexibility index (Phi) is 6.48. The number of carbonyl (C=O) groups is 3. The zero-order valence-corrected chi connectivity index (χ0v) is 15.2. The molecular formula is C19H21FN4O3. The number of hydrogen-bond acceptors (Lipinski definition) is 3. The molecule has 0 heterocycles. The Morgan fingerprint density at radius 3 is 2.11 bits per heavy atom. The summed E-state index contributed by atoms with van der Waals surface area (Å²) in [6, 6.07) is 9.86. The summed E-state index contributed by atoms with van der Waals surface area (Å²) < 4.78 is 13.7. The smallest absolute Gasteiger partial charge is 0.319 e. The lowest BCUT2D eigenvalue weighted by Crippen LogP contribution is -2.34. The van der Waals surface area contributed by atoms with Gasteiger partial charge >= 0.3 is 6.03 Å². The number of anilines is 3. The molecule has 0 aliphatic heterocycles. The number of hydrogen-bond donors (Lipinski definition) is 4. The highest BCUT2D eigenvalue weighted by Gasteiger charge is 2.10. The van der Waals surface area contributed by atoms with Gasteiger partial charge in [0.25, 0.3) is 5.91 Å². The average Bonchev–Trinajstić information content (AvgIpc) is 2.57. The molecule has 0 bridgehead atoms. The van der Waals surface area contributed by atoms with Crippen molar-refractivity contribution in [2.24, 2.45) is 0 Å². The van der Waals surface area contributed by atoms with Crippen molar-refractivity contribution in [2.45, 2.75) is 26.8 Å². The maximum atomic E-state index is 13.7. The Hall–Kier alpha value is -3.42. The minimum Gasteiger partial charge on any atom is -0.336 e. The van der Waals surface area contributed by atoms with Crippen LogP contribution in [0.25, 0.3) is 0 Å². The third-order valence-electron chi connectivity index (χ3n) is 3.36. The molecule has 7 nitrogen and oxygen atoms in total. The summed E-state index contributed by atoms with van der Waals surface area (Å²) in [5, 5.41) is 10.3. The largest absolute Gasteiger partial charge is 0.336 e. The monoisotopic (exact) mass is 372 g/mol. The van der Waals surface area contributed by atoms with Crippen LogP contribution in [-0.4, -0.2) is 23.9 Å². The van der Waals surface area contributed by atoms with Crippen LogP contribution in [0.15, 0.2) is 42.5 Å². The minimum absolute atomic E-state index is 0.00754. The van der Waals surface area contributed by atoms with Crippen molar-refractivity contribution in [3.8, 4) is 0 Å². The molecule has 0 atom stereocenters. The second kappa shape index (κ2) is 8.79. The maximum absolute atomic E-state index is 13.7. The van der Waals surface area contributed by atoms with E-state index in [0.29, 0.717) is 16.9 Å². The molecule has 2 aromatic carbocycles. The highest BCUT2D eigenvalue weighted by molar-refractivity contribution is 6.05. The molecule has 142 valence electrons. The van der Waals surface area contributed by atoms with Crippen LogP contribution >= 0.6 is 0 Å². The summed E-state index contributed by atoms with van der Waals surface area (Å²) in [6.07, 6.45) is 0. The molecule has 2 rings (SSSR count). The molecule has 4 N–H and O–H groups in total. The van der Waals surface area contributed by atoms with E-state index in [1.165, 1.54) is 19.1 Å². The molecule has 0 saturated heterocycles. The standard InChI is InChI=1S/C19H21FN4O3/c1-11(2)21-19(27)24-14-6-4-13(5-7-14)18(26)23-15-8-9-16(20)17(10-15)22-12(3)25/h4-11H,1-3H3,(H,22,25)(H,23,26)(H2,21,24,27). The van der Waals surface area contributed by atoms with Crippen molar-refractivity contribution in [1.82, 2.24) is 5.32 Å². The van der Waals surface area contributed by atoms with E-state index in [1.807, 2.05) is 13.8 Å². The summed E-state index contributed by atoms with van der Waals surface area (Å²) in [5.74, 6) is -1.42. The molecule has 0 aliphatic carbocycles. The Labute approximate surface area is 156 Å². The lowest BCUT2D eigenvalue weighted by Gasteiger charge is -2.11. The van der Waals surface area contributed by atoms with E-state index in [2.05, 4.69) is 21.3 Å². The first-order valence-electron chi connectivity index (χ1n) is 8.30. The normalized spacial score (nSPS) is 10.3. The third-order valence-corrected chi connectivity index (χ3v) is 3.36. The van der Waals surface area contributed by atoms with Crippen LogP contribution in [-0.2, 0) is 4.79 Å². The van der Waals surface area contributed by atoms with E-state index in [-0.39, 0.29) is 17.8 Å². The van der Waals surface area contributed by atoms with Crippen LogP contribution < -0.4 is 21.3 Å². The SMILES string of the molecule is CC(=O)Nc1cc(NC(=O)c2ccc(NC(=O)NC(C)C)cc2)ccc1F. The van der Waals surface area contributed by atoms with E-state index >= 15 is 0 Å². The van der Waals surface area contributed by atoms with Crippen LogP contribution in [0.5, 0.6) is 0 Å². The van der Waals surface area contributed by atoms with Gasteiger partial charge in [-0.25, -0.2) is 9.18 Å². The average molecular weight is 372 g/mol. The van der Waals surface area contributed by atoms with Crippen molar-refractivity contribution in [3.05, 3.63) is 53.8 Å². The molecular weight excluding hydrogens is 351 g/mol. The predicted molar refractivity (Wildman–Crippen MR) is 102 cm³/mol. The van der Waals surface area contributed by atoms with E-state index in [9.17, 15) is 18.8 Å². The second-order valence-electron chi connectivity index (χ2n) is 6.16. The lowest BCUT2D eigenvalue weighted by atomic mass is 10.2. The number of amides is 4. The Morgan fingerprint density at radius 1 is 0.889 bits per heavy atom. The third kappa shape index (κ3) is 6.10. The highest BCUT2D eigenvalue weighted by atomic mass is 19.1. The lowest BCUT2D eigenvalue weighted by molar-refractivity contribution is -0.114. The molecule has 8 heteroatoms. The molecule has 0 aliphatic rings. The molecule has 0 radical (unpaired) electrons. The van der Waals surface area contributed by atoms with Gasteiger partial charge in [0.2, 0.25) is 5.91 Å². The van der Waals surface area contributed by atoms with Crippen molar-refractivity contribution in [3.63, 3.8) is 0 Å². The molecule has 0 saturated carbocycles. The quantitative estimate of drug-likeness (QED) is 0.646. The fourth-order valence-electron chi connectivity index (χ4n) is 2.23. The van der Waals surface area contributed by atoms with Crippen LogP contribution in [0.2, 0.25) is 0 Å². The van der Waals surface area contributed by atoms with Crippen molar-refractivity contribution in [1.29, 1.82) is 0 Å². The molecule has 0 aromatic heterocycles. The van der Waals surface area contributed by atoms with E-state index in [1.54, 1.807) is 24.3 Å². The molecule has 4 amide bonds. The first-order valence-corrected chi connectivity index (χ1v) is 8.30. The molecule has 2 aromatic rings. The van der Waals surface area contributed by atoms with Crippen LogP contribution in [0.1, 0.15) is 31.1 Å². The van der Waals surface area contributed by atoms with Crippen LogP contribution in [0.3, 0.4) is 0 Å². The first-order chi connectivity index (χ1) is 12.7. The van der Waals surface area contributed by atoms with Gasteiger partial charge in [-0.05, 0) is 56.3 Å². The number of carbonyl (C=O) groups excluding carboxylic acids is 3. The summed E-state index contributed by atoms with van der Waals surface area (Å²) in [6.45, 7) is 4.96.